The van der Waals surface area contributed by atoms with Gasteiger partial charge in [0.05, 0.1) is 29.9 Å². The number of ketones is 1. The highest BCUT2D eigenvalue weighted by atomic mass is 16.5. The smallest absolute Gasteiger partial charge is 0.336 e. The molecule has 0 bridgehead atoms. The van der Waals surface area contributed by atoms with Crippen molar-refractivity contribution in [1.29, 1.82) is 0 Å². The van der Waals surface area contributed by atoms with Gasteiger partial charge in [-0.2, -0.15) is 0 Å². The first-order valence-corrected chi connectivity index (χ1v) is 10.3. The SMILES string of the molecule is COC(=O)C1=C(C)NC2=C(C(=O)c3ccccc32)[C@@H]1c1ccc(-c2ccccc2C(=O)O)o1. The van der Waals surface area contributed by atoms with Crippen LogP contribution in [-0.4, -0.2) is 29.9 Å². The van der Waals surface area contributed by atoms with E-state index in [0.29, 0.717) is 39.6 Å². The van der Waals surface area contributed by atoms with E-state index in [0.717, 1.165) is 5.56 Å². The van der Waals surface area contributed by atoms with Crippen LogP contribution in [0.15, 0.2) is 81.9 Å². The summed E-state index contributed by atoms with van der Waals surface area (Å²) in [5.74, 6) is -1.99. The van der Waals surface area contributed by atoms with Crippen LogP contribution in [0.4, 0.5) is 0 Å². The van der Waals surface area contributed by atoms with Crippen LogP contribution in [0, 0.1) is 0 Å². The highest BCUT2D eigenvalue weighted by Crippen LogP contribution is 2.47. The molecular weight excluding hydrogens is 422 g/mol. The second-order valence-corrected chi connectivity index (χ2v) is 7.80. The first-order chi connectivity index (χ1) is 15.9. The third-order valence-electron chi connectivity index (χ3n) is 5.99. The number of benzene rings is 2. The fraction of sp³-hybridized carbons (Fsp3) is 0.115. The highest BCUT2D eigenvalue weighted by molar-refractivity contribution is 6.23. The van der Waals surface area contributed by atoms with Crippen LogP contribution in [0.1, 0.15) is 44.9 Å². The van der Waals surface area contributed by atoms with E-state index in [1.165, 1.54) is 13.2 Å². The van der Waals surface area contributed by atoms with Gasteiger partial charge in [-0.1, -0.05) is 42.5 Å². The lowest BCUT2D eigenvalue weighted by molar-refractivity contribution is -0.136. The van der Waals surface area contributed by atoms with Gasteiger partial charge >= 0.3 is 11.9 Å². The quantitative estimate of drug-likeness (QED) is 0.579. The Labute approximate surface area is 189 Å². The van der Waals surface area contributed by atoms with E-state index in [4.69, 9.17) is 9.15 Å². The second kappa shape index (κ2) is 7.63. The molecule has 2 aromatic carbocycles. The van der Waals surface area contributed by atoms with Gasteiger partial charge in [0.15, 0.2) is 5.78 Å². The minimum Gasteiger partial charge on any atom is -0.478 e. The van der Waals surface area contributed by atoms with Crippen molar-refractivity contribution in [3.05, 3.63) is 100.0 Å². The maximum atomic E-state index is 13.4. The van der Waals surface area contributed by atoms with Gasteiger partial charge in [0.1, 0.15) is 11.5 Å². The highest BCUT2D eigenvalue weighted by Gasteiger charge is 2.44. The summed E-state index contributed by atoms with van der Waals surface area (Å²) >= 11 is 0. The largest absolute Gasteiger partial charge is 0.478 e. The third-order valence-corrected chi connectivity index (χ3v) is 5.99. The summed E-state index contributed by atoms with van der Waals surface area (Å²) in [6, 6.07) is 17.1. The van der Waals surface area contributed by atoms with Crippen LogP contribution >= 0.6 is 0 Å². The lowest BCUT2D eigenvalue weighted by Gasteiger charge is -2.27. The second-order valence-electron chi connectivity index (χ2n) is 7.80. The van der Waals surface area contributed by atoms with Crippen LogP contribution in [0.3, 0.4) is 0 Å². The van der Waals surface area contributed by atoms with Crippen molar-refractivity contribution in [2.75, 3.05) is 7.11 Å². The van der Waals surface area contributed by atoms with E-state index in [1.807, 2.05) is 12.1 Å². The Balaban J connectivity index is 1.69. The van der Waals surface area contributed by atoms with Gasteiger partial charge in [-0.15, -0.1) is 0 Å². The Bertz CT molecular complexity index is 1410. The van der Waals surface area contributed by atoms with Crippen molar-refractivity contribution < 1.29 is 28.6 Å². The molecule has 1 aliphatic carbocycles. The Hall–Kier alpha value is -4.39. The number of furan rings is 1. The van der Waals surface area contributed by atoms with Crippen LogP contribution in [-0.2, 0) is 9.53 Å². The number of hydrogen-bond acceptors (Lipinski definition) is 6. The van der Waals surface area contributed by atoms with Crippen molar-refractivity contribution in [3.63, 3.8) is 0 Å². The van der Waals surface area contributed by atoms with Crippen molar-refractivity contribution in [2.45, 2.75) is 12.8 Å². The minimum absolute atomic E-state index is 0.0906. The predicted molar refractivity (Wildman–Crippen MR) is 119 cm³/mol. The molecule has 0 fully saturated rings. The van der Waals surface area contributed by atoms with Crippen LogP contribution in [0.5, 0.6) is 0 Å². The monoisotopic (exact) mass is 441 g/mol. The molecule has 1 atom stereocenters. The predicted octanol–water partition coefficient (Wildman–Crippen LogP) is 4.39. The van der Waals surface area contributed by atoms with Crippen molar-refractivity contribution >= 4 is 23.4 Å². The standard InChI is InChI=1S/C26H19NO6/c1-13-20(26(31)32-2)21(22-23(27-13)15-8-4-5-9-16(15)24(22)28)19-12-11-18(33-19)14-7-3-6-10-17(14)25(29)30/h3-12,21,27H,1-2H3,(H,29,30)/t21-/m1/s1. The summed E-state index contributed by atoms with van der Waals surface area (Å²) in [4.78, 5) is 37.9. The number of carbonyl (C=O) groups excluding carboxylic acids is 2. The lowest BCUT2D eigenvalue weighted by Crippen LogP contribution is -2.28. The van der Waals surface area contributed by atoms with Crippen molar-refractivity contribution in [3.8, 4) is 11.3 Å². The Morgan fingerprint density at radius 2 is 1.64 bits per heavy atom. The fourth-order valence-electron chi connectivity index (χ4n) is 4.53. The summed E-state index contributed by atoms with van der Waals surface area (Å²) in [7, 11) is 1.28. The molecule has 5 rings (SSSR count). The van der Waals surface area contributed by atoms with Crippen LogP contribution in [0.2, 0.25) is 0 Å². The molecule has 0 amide bonds. The zero-order valence-corrected chi connectivity index (χ0v) is 17.8. The number of aromatic carboxylic acids is 1. The van der Waals surface area contributed by atoms with Crippen LogP contribution < -0.4 is 5.32 Å². The molecular formula is C26H19NO6. The Kier molecular flexibility index (Phi) is 4.74. The molecule has 164 valence electrons. The number of rotatable bonds is 4. The molecule has 0 saturated heterocycles. The number of carboxylic acids is 1. The molecule has 1 aromatic heterocycles. The number of fused-ring (bicyclic) bond motifs is 2. The first kappa shape index (κ1) is 20.5. The number of ether oxygens (including phenoxy) is 1. The number of hydrogen-bond donors (Lipinski definition) is 2. The number of nitrogens with one attached hydrogen (secondary N) is 1. The first-order valence-electron chi connectivity index (χ1n) is 10.3. The molecule has 33 heavy (non-hydrogen) atoms. The van der Waals surface area contributed by atoms with E-state index in [1.54, 1.807) is 49.4 Å². The van der Waals surface area contributed by atoms with E-state index >= 15 is 0 Å². The number of esters is 1. The van der Waals surface area contributed by atoms with Gasteiger partial charge < -0.3 is 19.6 Å². The molecule has 0 saturated carbocycles. The third kappa shape index (κ3) is 3.09. The average Bonchev–Trinajstić information content (AvgIpc) is 3.42. The van der Waals surface area contributed by atoms with Crippen LogP contribution in [0.25, 0.3) is 17.0 Å². The topological polar surface area (TPSA) is 106 Å². The van der Waals surface area contributed by atoms with Gasteiger partial charge in [0.25, 0.3) is 0 Å². The molecule has 0 spiro atoms. The normalized spacial score (nSPS) is 16.9. The number of Topliss-reactive ketones (excluding diaryl/α,β-unsaturated/α-hetero) is 1. The zero-order valence-electron chi connectivity index (χ0n) is 17.8. The summed E-state index contributed by atoms with van der Waals surface area (Å²) in [6.07, 6.45) is 0. The van der Waals surface area contributed by atoms with Gasteiger partial charge in [-0.05, 0) is 25.1 Å². The van der Waals surface area contributed by atoms with Crippen molar-refractivity contribution in [2.24, 2.45) is 0 Å². The Morgan fingerprint density at radius 1 is 0.970 bits per heavy atom. The van der Waals surface area contributed by atoms with Gasteiger partial charge in [-0.3, -0.25) is 4.79 Å². The van der Waals surface area contributed by atoms with E-state index in [2.05, 4.69) is 5.32 Å². The zero-order chi connectivity index (χ0) is 23.3. The molecule has 7 nitrogen and oxygen atoms in total. The molecule has 0 radical (unpaired) electrons. The Morgan fingerprint density at radius 3 is 2.33 bits per heavy atom. The molecule has 2 N–H and O–H groups in total. The van der Waals surface area contributed by atoms with Crippen molar-refractivity contribution in [1.82, 2.24) is 5.32 Å². The molecule has 7 heteroatoms. The number of carboxylic acid groups (broad SMARTS) is 1. The maximum Gasteiger partial charge on any atom is 0.336 e. The molecule has 1 aliphatic heterocycles. The number of methoxy groups -OCH3 is 1. The number of carbonyl (C=O) groups is 3. The maximum absolute atomic E-state index is 13.4. The lowest BCUT2D eigenvalue weighted by atomic mass is 9.83. The minimum atomic E-state index is -1.08. The van der Waals surface area contributed by atoms with Gasteiger partial charge in [0.2, 0.25) is 0 Å². The van der Waals surface area contributed by atoms with Gasteiger partial charge in [0, 0.05) is 28.0 Å². The summed E-state index contributed by atoms with van der Waals surface area (Å²) in [5.41, 5.74) is 3.65. The van der Waals surface area contributed by atoms with E-state index < -0.39 is 17.9 Å². The average molecular weight is 441 g/mol. The summed E-state index contributed by atoms with van der Waals surface area (Å²) in [6.45, 7) is 1.75. The number of dihydropyridines is 1. The van der Waals surface area contributed by atoms with E-state index in [9.17, 15) is 19.5 Å². The molecule has 2 aliphatic rings. The fourth-order valence-corrected chi connectivity index (χ4v) is 4.53. The van der Waals surface area contributed by atoms with E-state index in [-0.39, 0.29) is 16.9 Å². The molecule has 2 heterocycles. The summed E-state index contributed by atoms with van der Waals surface area (Å²) in [5, 5.41) is 12.8. The molecule has 3 aromatic rings. The van der Waals surface area contributed by atoms with Gasteiger partial charge in [-0.25, -0.2) is 9.59 Å². The number of allylic oxidation sites excluding steroid dienone is 2. The molecule has 0 unspecified atom stereocenters. The summed E-state index contributed by atoms with van der Waals surface area (Å²) < 4.78 is 11.1.